The van der Waals surface area contributed by atoms with Gasteiger partial charge in [0.25, 0.3) is 0 Å². The summed E-state index contributed by atoms with van der Waals surface area (Å²) in [6.45, 7) is 7.40. The van der Waals surface area contributed by atoms with E-state index in [2.05, 4.69) is 23.4 Å². The molecule has 1 rings (SSSR count). The molecule has 1 unspecified atom stereocenters. The normalized spacial score (nSPS) is 10.8. The summed E-state index contributed by atoms with van der Waals surface area (Å²) < 4.78 is 4.43. The van der Waals surface area contributed by atoms with Crippen LogP contribution < -0.4 is 5.73 Å². The summed E-state index contributed by atoms with van der Waals surface area (Å²) in [5.74, 6) is -0.359. The number of benzene rings is 1. The van der Waals surface area contributed by atoms with E-state index < -0.39 is 0 Å². The molecule has 0 saturated heterocycles. The lowest BCUT2D eigenvalue weighted by atomic mass is 10.1. The number of hydrogen-bond acceptors (Lipinski definition) is 3. The molecule has 3 heteroatoms. The fourth-order valence-corrected chi connectivity index (χ4v) is 1.19. The highest BCUT2D eigenvalue weighted by atomic mass is 16.5. The van der Waals surface area contributed by atoms with Crippen molar-refractivity contribution in [2.24, 2.45) is 5.73 Å². The van der Waals surface area contributed by atoms with Crippen LogP contribution in [0.1, 0.15) is 19.4 Å². The minimum absolute atomic E-state index is 0.266. The zero-order chi connectivity index (χ0) is 13.1. The Morgan fingerprint density at radius 3 is 2.41 bits per heavy atom. The standard InChI is InChI=1S/C9H13N.C5H8O2/c1-8(10)7-9-5-3-2-4-6-9;1-3-5(6)7-4-2/h2-6,8H,7,10H2,1H3;3H,1,4H2,2H3. The molecule has 94 valence electrons. The summed E-state index contributed by atoms with van der Waals surface area (Å²) >= 11 is 0. The van der Waals surface area contributed by atoms with Gasteiger partial charge in [-0.3, -0.25) is 0 Å². The molecule has 0 aromatic heterocycles. The summed E-state index contributed by atoms with van der Waals surface area (Å²) in [7, 11) is 0. The summed E-state index contributed by atoms with van der Waals surface area (Å²) in [6, 6.07) is 10.6. The number of rotatable bonds is 4. The Hall–Kier alpha value is -1.61. The second-order valence-electron chi connectivity index (χ2n) is 3.62. The van der Waals surface area contributed by atoms with Crippen molar-refractivity contribution in [1.82, 2.24) is 0 Å². The first-order valence-electron chi connectivity index (χ1n) is 5.68. The maximum absolute atomic E-state index is 10.1. The Balaban J connectivity index is 0.000000325. The highest BCUT2D eigenvalue weighted by Gasteiger charge is 1.94. The minimum Gasteiger partial charge on any atom is -0.463 e. The number of hydrogen-bond donors (Lipinski definition) is 1. The Morgan fingerprint density at radius 2 is 2.06 bits per heavy atom. The van der Waals surface area contributed by atoms with Crippen LogP contribution in [0, 0.1) is 0 Å². The lowest BCUT2D eigenvalue weighted by Gasteiger charge is -2.02. The van der Waals surface area contributed by atoms with Crippen LogP contribution in [-0.4, -0.2) is 18.6 Å². The van der Waals surface area contributed by atoms with E-state index in [0.29, 0.717) is 6.61 Å². The molecule has 0 amide bonds. The maximum Gasteiger partial charge on any atom is 0.330 e. The average Bonchev–Trinajstić information content (AvgIpc) is 2.30. The van der Waals surface area contributed by atoms with Gasteiger partial charge in [0, 0.05) is 12.1 Å². The molecule has 0 aliphatic heterocycles. The largest absolute Gasteiger partial charge is 0.463 e. The number of ether oxygens (including phenoxy) is 1. The third kappa shape index (κ3) is 9.33. The summed E-state index contributed by atoms with van der Waals surface area (Å²) in [4.78, 5) is 10.1. The van der Waals surface area contributed by atoms with Crippen LogP contribution in [-0.2, 0) is 16.0 Å². The monoisotopic (exact) mass is 235 g/mol. The first-order valence-corrected chi connectivity index (χ1v) is 5.68. The molecule has 0 aliphatic rings. The summed E-state index contributed by atoms with van der Waals surface area (Å²) in [6.07, 6.45) is 2.12. The van der Waals surface area contributed by atoms with Crippen LogP contribution in [0.25, 0.3) is 0 Å². The molecule has 17 heavy (non-hydrogen) atoms. The van der Waals surface area contributed by atoms with Gasteiger partial charge in [-0.15, -0.1) is 0 Å². The van der Waals surface area contributed by atoms with E-state index in [-0.39, 0.29) is 12.0 Å². The van der Waals surface area contributed by atoms with Crippen LogP contribution in [0.5, 0.6) is 0 Å². The van der Waals surface area contributed by atoms with Crippen LogP contribution in [0.4, 0.5) is 0 Å². The van der Waals surface area contributed by atoms with Crippen molar-refractivity contribution in [1.29, 1.82) is 0 Å². The number of carbonyl (C=O) groups excluding carboxylic acids is 1. The predicted octanol–water partition coefficient (Wildman–Crippen LogP) is 2.31. The van der Waals surface area contributed by atoms with Gasteiger partial charge in [-0.2, -0.15) is 0 Å². The van der Waals surface area contributed by atoms with Gasteiger partial charge in [0.15, 0.2) is 0 Å². The maximum atomic E-state index is 10.1. The van der Waals surface area contributed by atoms with Crippen molar-refractivity contribution in [2.75, 3.05) is 6.61 Å². The molecule has 0 bridgehead atoms. The predicted molar refractivity (Wildman–Crippen MR) is 70.6 cm³/mol. The molecule has 0 spiro atoms. The molecule has 1 atom stereocenters. The highest BCUT2D eigenvalue weighted by Crippen LogP contribution is 2.00. The van der Waals surface area contributed by atoms with Gasteiger partial charge in [0.05, 0.1) is 6.61 Å². The lowest BCUT2D eigenvalue weighted by molar-refractivity contribution is -0.137. The topological polar surface area (TPSA) is 52.3 Å². The molecule has 0 radical (unpaired) electrons. The second-order valence-corrected chi connectivity index (χ2v) is 3.62. The fourth-order valence-electron chi connectivity index (χ4n) is 1.19. The molecule has 2 N–H and O–H groups in total. The quantitative estimate of drug-likeness (QED) is 0.643. The van der Waals surface area contributed by atoms with E-state index in [1.807, 2.05) is 25.1 Å². The van der Waals surface area contributed by atoms with E-state index in [1.165, 1.54) is 5.56 Å². The van der Waals surface area contributed by atoms with Crippen LogP contribution in [0.3, 0.4) is 0 Å². The van der Waals surface area contributed by atoms with E-state index in [1.54, 1.807) is 6.92 Å². The van der Waals surface area contributed by atoms with E-state index in [9.17, 15) is 4.79 Å². The summed E-state index contributed by atoms with van der Waals surface area (Å²) in [5, 5.41) is 0. The van der Waals surface area contributed by atoms with Gasteiger partial charge >= 0.3 is 5.97 Å². The van der Waals surface area contributed by atoms with Crippen molar-refractivity contribution in [2.45, 2.75) is 26.3 Å². The number of nitrogens with two attached hydrogens (primary N) is 1. The molecular formula is C14H21NO2. The third-order valence-corrected chi connectivity index (χ3v) is 1.85. The van der Waals surface area contributed by atoms with Gasteiger partial charge in [0.1, 0.15) is 0 Å². The molecular weight excluding hydrogens is 214 g/mol. The zero-order valence-corrected chi connectivity index (χ0v) is 10.6. The van der Waals surface area contributed by atoms with E-state index in [4.69, 9.17) is 5.73 Å². The first-order chi connectivity index (χ1) is 8.10. The fraction of sp³-hybridized carbons (Fsp3) is 0.357. The van der Waals surface area contributed by atoms with Gasteiger partial charge in [-0.25, -0.2) is 4.79 Å². The molecule has 0 fully saturated rings. The van der Waals surface area contributed by atoms with Crippen LogP contribution >= 0.6 is 0 Å². The van der Waals surface area contributed by atoms with Gasteiger partial charge in [-0.1, -0.05) is 36.9 Å². The SMILES string of the molecule is C=CC(=O)OCC.CC(N)Cc1ccccc1. The third-order valence-electron chi connectivity index (χ3n) is 1.85. The molecule has 3 nitrogen and oxygen atoms in total. The van der Waals surface area contributed by atoms with Crippen molar-refractivity contribution in [3.05, 3.63) is 48.6 Å². The molecule has 1 aromatic carbocycles. The van der Waals surface area contributed by atoms with Crippen molar-refractivity contribution >= 4 is 5.97 Å². The highest BCUT2D eigenvalue weighted by molar-refractivity contribution is 5.81. The molecule has 1 aromatic rings. The van der Waals surface area contributed by atoms with Crippen LogP contribution in [0.15, 0.2) is 43.0 Å². The van der Waals surface area contributed by atoms with Gasteiger partial charge < -0.3 is 10.5 Å². The van der Waals surface area contributed by atoms with Gasteiger partial charge in [-0.05, 0) is 25.8 Å². The Morgan fingerprint density at radius 1 is 1.47 bits per heavy atom. The average molecular weight is 235 g/mol. The van der Waals surface area contributed by atoms with E-state index in [0.717, 1.165) is 12.5 Å². The Labute approximate surface area is 103 Å². The molecule has 0 aliphatic carbocycles. The number of carbonyl (C=O) groups is 1. The Bertz CT molecular complexity index is 320. The molecule has 0 saturated carbocycles. The zero-order valence-electron chi connectivity index (χ0n) is 10.6. The lowest BCUT2D eigenvalue weighted by Crippen LogP contribution is -2.17. The van der Waals surface area contributed by atoms with Crippen molar-refractivity contribution < 1.29 is 9.53 Å². The molecule has 0 heterocycles. The number of esters is 1. The van der Waals surface area contributed by atoms with Crippen molar-refractivity contribution in [3.8, 4) is 0 Å². The second kappa shape index (κ2) is 9.60. The summed E-state index contributed by atoms with van der Waals surface area (Å²) in [5.41, 5.74) is 6.94. The van der Waals surface area contributed by atoms with E-state index >= 15 is 0 Å². The Kier molecular flexibility index (Phi) is 8.69. The first kappa shape index (κ1) is 15.4. The van der Waals surface area contributed by atoms with Gasteiger partial charge in [0.2, 0.25) is 0 Å². The van der Waals surface area contributed by atoms with Crippen LogP contribution in [0.2, 0.25) is 0 Å². The smallest absolute Gasteiger partial charge is 0.330 e. The van der Waals surface area contributed by atoms with Crippen molar-refractivity contribution in [3.63, 3.8) is 0 Å². The minimum atomic E-state index is -0.359.